The SMILES string of the molecule is C#CCCCCNS(=O)(=O)c1[nH]ncc1C(=O)OCC. The monoisotopic (exact) mass is 299 g/mol. The van der Waals surface area contributed by atoms with E-state index in [1.165, 1.54) is 0 Å². The number of terminal acetylenes is 1. The van der Waals surface area contributed by atoms with Crippen molar-refractivity contribution in [2.45, 2.75) is 31.2 Å². The molecule has 7 nitrogen and oxygen atoms in total. The van der Waals surface area contributed by atoms with E-state index >= 15 is 0 Å². The summed E-state index contributed by atoms with van der Waals surface area (Å²) in [6.07, 6.45) is 8.18. The molecule has 0 radical (unpaired) electrons. The zero-order chi connectivity index (χ0) is 15.0. The van der Waals surface area contributed by atoms with Crippen LogP contribution in [0.3, 0.4) is 0 Å². The number of carbonyl (C=O) groups excluding carboxylic acids is 1. The molecule has 1 rings (SSSR count). The lowest BCUT2D eigenvalue weighted by molar-refractivity contribution is 0.0522. The van der Waals surface area contributed by atoms with Gasteiger partial charge in [0.05, 0.1) is 12.8 Å². The molecule has 2 N–H and O–H groups in total. The number of carbonyl (C=O) groups is 1. The topological polar surface area (TPSA) is 101 Å². The van der Waals surface area contributed by atoms with Gasteiger partial charge in [0.25, 0.3) is 10.0 Å². The summed E-state index contributed by atoms with van der Waals surface area (Å²) in [4.78, 5) is 11.6. The van der Waals surface area contributed by atoms with Crippen LogP contribution >= 0.6 is 0 Å². The fraction of sp³-hybridized carbons (Fsp3) is 0.500. The van der Waals surface area contributed by atoms with Crippen LogP contribution in [-0.2, 0) is 14.8 Å². The molecule has 0 fully saturated rings. The Morgan fingerprint density at radius 1 is 1.55 bits per heavy atom. The van der Waals surface area contributed by atoms with Crippen LogP contribution in [0.4, 0.5) is 0 Å². The molecular formula is C12H17N3O4S. The highest BCUT2D eigenvalue weighted by molar-refractivity contribution is 7.89. The molecule has 0 bridgehead atoms. The Morgan fingerprint density at radius 3 is 2.95 bits per heavy atom. The molecule has 0 aliphatic heterocycles. The number of nitrogens with one attached hydrogen (secondary N) is 2. The smallest absolute Gasteiger partial charge is 0.342 e. The maximum absolute atomic E-state index is 12.0. The predicted molar refractivity (Wildman–Crippen MR) is 72.4 cm³/mol. The number of nitrogens with zero attached hydrogens (tertiary/aromatic N) is 1. The largest absolute Gasteiger partial charge is 0.462 e. The van der Waals surface area contributed by atoms with E-state index in [4.69, 9.17) is 11.2 Å². The number of hydrogen-bond donors (Lipinski definition) is 2. The van der Waals surface area contributed by atoms with Crippen molar-refractivity contribution in [3.8, 4) is 12.3 Å². The molecule has 1 heterocycles. The lowest BCUT2D eigenvalue weighted by atomic mass is 10.2. The van der Waals surface area contributed by atoms with Crippen LogP contribution in [0.25, 0.3) is 0 Å². The standard InChI is InChI=1S/C12H17N3O4S/c1-3-5-6-7-8-14-20(17,18)11-10(9-13-15-11)12(16)19-4-2/h1,9,14H,4-8H2,2H3,(H,13,15). The van der Waals surface area contributed by atoms with Crippen LogP contribution < -0.4 is 4.72 Å². The van der Waals surface area contributed by atoms with Gasteiger partial charge in [-0.25, -0.2) is 17.9 Å². The minimum atomic E-state index is -3.82. The molecule has 0 aliphatic carbocycles. The number of aromatic amines is 1. The first-order valence-corrected chi connectivity index (χ1v) is 7.65. The van der Waals surface area contributed by atoms with Gasteiger partial charge in [-0.1, -0.05) is 0 Å². The summed E-state index contributed by atoms with van der Waals surface area (Å²) in [5, 5.41) is 5.60. The van der Waals surface area contributed by atoms with Crippen LogP contribution in [0.5, 0.6) is 0 Å². The van der Waals surface area contributed by atoms with Crippen LogP contribution in [0.1, 0.15) is 36.5 Å². The number of rotatable bonds is 8. The van der Waals surface area contributed by atoms with Crippen molar-refractivity contribution >= 4 is 16.0 Å². The molecule has 1 aromatic rings. The van der Waals surface area contributed by atoms with Gasteiger partial charge >= 0.3 is 5.97 Å². The molecule has 8 heteroatoms. The summed E-state index contributed by atoms with van der Waals surface area (Å²) in [6, 6.07) is 0. The van der Waals surface area contributed by atoms with E-state index in [0.29, 0.717) is 12.8 Å². The molecule has 20 heavy (non-hydrogen) atoms. The van der Waals surface area contributed by atoms with E-state index in [9.17, 15) is 13.2 Å². The van der Waals surface area contributed by atoms with Gasteiger partial charge in [0, 0.05) is 13.0 Å². The summed E-state index contributed by atoms with van der Waals surface area (Å²) < 4.78 is 31.2. The Bertz CT molecular complexity index is 586. The zero-order valence-electron chi connectivity index (χ0n) is 11.2. The van der Waals surface area contributed by atoms with Gasteiger partial charge in [-0.15, -0.1) is 12.3 Å². The van der Waals surface area contributed by atoms with Crippen molar-refractivity contribution < 1.29 is 17.9 Å². The average Bonchev–Trinajstić information content (AvgIpc) is 2.89. The fourth-order valence-corrected chi connectivity index (χ4v) is 2.62. The van der Waals surface area contributed by atoms with E-state index in [-0.39, 0.29) is 23.7 Å². The first-order chi connectivity index (χ1) is 9.53. The number of hydrogen-bond acceptors (Lipinski definition) is 5. The second kappa shape index (κ2) is 7.67. The van der Waals surface area contributed by atoms with E-state index < -0.39 is 16.0 Å². The lowest BCUT2D eigenvalue weighted by Crippen LogP contribution is -2.27. The minimum Gasteiger partial charge on any atom is -0.462 e. The van der Waals surface area contributed by atoms with Gasteiger partial charge < -0.3 is 4.74 Å². The third-order valence-corrected chi connectivity index (χ3v) is 3.84. The number of aromatic nitrogens is 2. The third-order valence-electron chi connectivity index (χ3n) is 2.41. The Balaban J connectivity index is 2.71. The van der Waals surface area contributed by atoms with E-state index in [1.54, 1.807) is 6.92 Å². The van der Waals surface area contributed by atoms with Crippen molar-refractivity contribution in [3.05, 3.63) is 11.8 Å². The summed E-state index contributed by atoms with van der Waals surface area (Å²) in [5.41, 5.74) is -0.108. The highest BCUT2D eigenvalue weighted by Crippen LogP contribution is 2.13. The maximum atomic E-state index is 12.0. The number of esters is 1. The molecule has 1 aromatic heterocycles. The Kier molecular flexibility index (Phi) is 6.21. The molecule has 0 aliphatic rings. The third kappa shape index (κ3) is 4.36. The second-order valence-corrected chi connectivity index (χ2v) is 5.60. The molecule has 110 valence electrons. The molecule has 0 saturated carbocycles. The van der Waals surface area contributed by atoms with Crippen molar-refractivity contribution in [3.63, 3.8) is 0 Å². The molecular weight excluding hydrogens is 282 g/mol. The molecule has 0 atom stereocenters. The van der Waals surface area contributed by atoms with Crippen molar-refractivity contribution in [1.82, 2.24) is 14.9 Å². The molecule has 0 amide bonds. The van der Waals surface area contributed by atoms with E-state index in [1.807, 2.05) is 0 Å². The van der Waals surface area contributed by atoms with Crippen LogP contribution in [0, 0.1) is 12.3 Å². The Labute approximate surface area is 118 Å². The van der Waals surface area contributed by atoms with Gasteiger partial charge in [0.1, 0.15) is 5.56 Å². The maximum Gasteiger partial charge on any atom is 0.342 e. The first kappa shape index (κ1) is 16.2. The first-order valence-electron chi connectivity index (χ1n) is 6.16. The van der Waals surface area contributed by atoms with Crippen molar-refractivity contribution in [1.29, 1.82) is 0 Å². The van der Waals surface area contributed by atoms with Gasteiger partial charge in [-0.3, -0.25) is 5.10 Å². The quantitative estimate of drug-likeness (QED) is 0.417. The summed E-state index contributed by atoms with van der Waals surface area (Å²) in [5.74, 6) is 1.75. The number of sulfonamides is 1. The zero-order valence-corrected chi connectivity index (χ0v) is 12.0. The molecule has 0 unspecified atom stereocenters. The van der Waals surface area contributed by atoms with Gasteiger partial charge in [-0.05, 0) is 19.8 Å². The van der Waals surface area contributed by atoms with Crippen molar-refractivity contribution in [2.24, 2.45) is 0 Å². The molecule has 0 aromatic carbocycles. The van der Waals surface area contributed by atoms with Gasteiger partial charge in [0.2, 0.25) is 0 Å². The van der Waals surface area contributed by atoms with Crippen LogP contribution in [-0.4, -0.2) is 37.7 Å². The highest BCUT2D eigenvalue weighted by atomic mass is 32.2. The Morgan fingerprint density at radius 2 is 2.30 bits per heavy atom. The Hall–Kier alpha value is -1.85. The fourth-order valence-electron chi connectivity index (χ4n) is 1.46. The number of unbranched alkanes of at least 4 members (excludes halogenated alkanes) is 2. The van der Waals surface area contributed by atoms with Crippen LogP contribution in [0.15, 0.2) is 11.2 Å². The number of H-pyrrole nitrogens is 1. The van der Waals surface area contributed by atoms with E-state index in [0.717, 1.165) is 12.6 Å². The van der Waals surface area contributed by atoms with Gasteiger partial charge in [-0.2, -0.15) is 5.10 Å². The van der Waals surface area contributed by atoms with Crippen LogP contribution in [0.2, 0.25) is 0 Å². The summed E-state index contributed by atoms with van der Waals surface area (Å²) >= 11 is 0. The summed E-state index contributed by atoms with van der Waals surface area (Å²) in [7, 11) is -3.82. The molecule has 0 saturated heterocycles. The minimum absolute atomic E-state index is 0.108. The average molecular weight is 299 g/mol. The van der Waals surface area contributed by atoms with E-state index in [2.05, 4.69) is 20.8 Å². The lowest BCUT2D eigenvalue weighted by Gasteiger charge is -2.06. The number of ether oxygens (including phenoxy) is 1. The van der Waals surface area contributed by atoms with Gasteiger partial charge in [0.15, 0.2) is 5.03 Å². The molecule has 0 spiro atoms. The second-order valence-electron chi connectivity index (χ2n) is 3.89. The normalized spacial score (nSPS) is 11.0. The van der Waals surface area contributed by atoms with Crippen molar-refractivity contribution in [2.75, 3.05) is 13.2 Å². The highest BCUT2D eigenvalue weighted by Gasteiger charge is 2.25. The summed E-state index contributed by atoms with van der Waals surface area (Å²) in [6.45, 7) is 2.03. The predicted octanol–water partition coefficient (Wildman–Crippen LogP) is 0.668.